The van der Waals surface area contributed by atoms with Crippen molar-refractivity contribution >= 4 is 5.91 Å². The quantitative estimate of drug-likeness (QED) is 0.774. The molecule has 1 aliphatic heterocycles. The highest BCUT2D eigenvalue weighted by Gasteiger charge is 2.23. The molecule has 92 valence electrons. The molecule has 0 radical (unpaired) electrons. The van der Waals surface area contributed by atoms with Crippen LogP contribution < -0.4 is 10.6 Å². The van der Waals surface area contributed by atoms with Gasteiger partial charge in [-0.3, -0.25) is 4.79 Å². The molecule has 1 aromatic rings. The van der Waals surface area contributed by atoms with Gasteiger partial charge in [0.1, 0.15) is 0 Å². The summed E-state index contributed by atoms with van der Waals surface area (Å²) in [5.74, 6) is 0.132. The molecular weight excluding hydrogens is 212 g/mol. The Balaban J connectivity index is 1.91. The fraction of sp³-hybridized carbons (Fsp3) is 0.500. The highest BCUT2D eigenvalue weighted by molar-refractivity contribution is 5.82. The zero-order valence-corrected chi connectivity index (χ0v) is 10.3. The van der Waals surface area contributed by atoms with Gasteiger partial charge in [-0.25, -0.2) is 0 Å². The molecule has 1 amide bonds. The van der Waals surface area contributed by atoms with Crippen molar-refractivity contribution in [2.24, 2.45) is 0 Å². The molecule has 0 spiro atoms. The smallest absolute Gasteiger partial charge is 0.237 e. The highest BCUT2D eigenvalue weighted by atomic mass is 16.2. The first-order valence-corrected chi connectivity index (χ1v) is 6.39. The Hall–Kier alpha value is -1.35. The maximum Gasteiger partial charge on any atom is 0.237 e. The molecule has 0 fully saturated rings. The molecule has 1 aromatic carbocycles. The lowest BCUT2D eigenvalue weighted by molar-refractivity contribution is -0.123. The minimum Gasteiger partial charge on any atom is -0.355 e. The summed E-state index contributed by atoms with van der Waals surface area (Å²) in [5.41, 5.74) is 2.60. The standard InChI is InChI=1S/C14H20N2O/c1-2-3-8-15-14(17)13-9-11-6-4-5-7-12(11)10-16-13/h4-7,13,16H,2-3,8-10H2,1H3,(H,15,17)/t13-/m1/s1. The van der Waals surface area contributed by atoms with Gasteiger partial charge in [-0.1, -0.05) is 37.6 Å². The zero-order valence-electron chi connectivity index (χ0n) is 10.3. The molecule has 1 atom stereocenters. The Labute approximate surface area is 103 Å². The lowest BCUT2D eigenvalue weighted by atomic mass is 9.95. The molecule has 17 heavy (non-hydrogen) atoms. The minimum atomic E-state index is -0.0678. The average Bonchev–Trinajstić information content (AvgIpc) is 2.38. The van der Waals surface area contributed by atoms with Crippen LogP contribution in [-0.2, 0) is 17.8 Å². The Bertz CT molecular complexity index is 390. The van der Waals surface area contributed by atoms with Crippen molar-refractivity contribution < 1.29 is 4.79 Å². The Morgan fingerprint density at radius 2 is 2.18 bits per heavy atom. The van der Waals surface area contributed by atoms with Gasteiger partial charge >= 0.3 is 0 Å². The van der Waals surface area contributed by atoms with Gasteiger partial charge in [-0.2, -0.15) is 0 Å². The van der Waals surface area contributed by atoms with Crippen molar-refractivity contribution in [1.29, 1.82) is 0 Å². The van der Waals surface area contributed by atoms with Crippen LogP contribution in [-0.4, -0.2) is 18.5 Å². The second-order valence-electron chi connectivity index (χ2n) is 4.55. The fourth-order valence-corrected chi connectivity index (χ4v) is 2.15. The molecule has 0 saturated carbocycles. The van der Waals surface area contributed by atoms with E-state index < -0.39 is 0 Å². The van der Waals surface area contributed by atoms with Crippen molar-refractivity contribution in [3.8, 4) is 0 Å². The predicted octanol–water partition coefficient (Wildman–Crippen LogP) is 1.62. The number of carbonyl (C=O) groups is 1. The topological polar surface area (TPSA) is 41.1 Å². The second-order valence-corrected chi connectivity index (χ2v) is 4.55. The maximum atomic E-state index is 11.9. The SMILES string of the molecule is CCCCNC(=O)[C@H]1Cc2ccccc2CN1. The number of fused-ring (bicyclic) bond motifs is 1. The number of nitrogens with one attached hydrogen (secondary N) is 2. The molecule has 0 aromatic heterocycles. The van der Waals surface area contributed by atoms with Crippen LogP contribution >= 0.6 is 0 Å². The largest absolute Gasteiger partial charge is 0.355 e. The van der Waals surface area contributed by atoms with Crippen LogP contribution in [0.5, 0.6) is 0 Å². The molecule has 0 aliphatic carbocycles. The number of carbonyl (C=O) groups excluding carboxylic acids is 1. The van der Waals surface area contributed by atoms with E-state index in [1.807, 2.05) is 12.1 Å². The summed E-state index contributed by atoms with van der Waals surface area (Å²) in [6.45, 7) is 3.71. The van der Waals surface area contributed by atoms with Gasteiger partial charge in [0.2, 0.25) is 5.91 Å². The van der Waals surface area contributed by atoms with Crippen LogP contribution in [0.25, 0.3) is 0 Å². The van der Waals surface area contributed by atoms with Crippen LogP contribution in [0.2, 0.25) is 0 Å². The normalized spacial score (nSPS) is 18.5. The first kappa shape index (κ1) is 12.1. The fourth-order valence-electron chi connectivity index (χ4n) is 2.15. The number of unbranched alkanes of at least 4 members (excludes halogenated alkanes) is 1. The monoisotopic (exact) mass is 232 g/mol. The first-order valence-electron chi connectivity index (χ1n) is 6.39. The number of benzene rings is 1. The van der Waals surface area contributed by atoms with Gasteiger partial charge in [0.25, 0.3) is 0 Å². The van der Waals surface area contributed by atoms with E-state index in [0.29, 0.717) is 0 Å². The number of amides is 1. The third-order valence-corrected chi connectivity index (χ3v) is 3.23. The lowest BCUT2D eigenvalue weighted by Crippen LogP contribution is -2.47. The molecule has 0 unspecified atom stereocenters. The van der Waals surface area contributed by atoms with Crippen LogP contribution in [0.3, 0.4) is 0 Å². The van der Waals surface area contributed by atoms with E-state index in [1.54, 1.807) is 0 Å². The number of hydrogen-bond acceptors (Lipinski definition) is 2. The minimum absolute atomic E-state index is 0.0678. The second kappa shape index (κ2) is 5.82. The molecular formula is C14H20N2O. The predicted molar refractivity (Wildman–Crippen MR) is 68.7 cm³/mol. The highest BCUT2D eigenvalue weighted by Crippen LogP contribution is 2.16. The van der Waals surface area contributed by atoms with Gasteiger partial charge < -0.3 is 10.6 Å². The van der Waals surface area contributed by atoms with E-state index in [4.69, 9.17) is 0 Å². The molecule has 3 nitrogen and oxygen atoms in total. The molecule has 0 bridgehead atoms. The average molecular weight is 232 g/mol. The summed E-state index contributed by atoms with van der Waals surface area (Å²) >= 11 is 0. The van der Waals surface area contributed by atoms with Crippen LogP contribution in [0.4, 0.5) is 0 Å². The van der Waals surface area contributed by atoms with Crippen molar-refractivity contribution in [1.82, 2.24) is 10.6 Å². The molecule has 2 rings (SSSR count). The van der Waals surface area contributed by atoms with Crippen molar-refractivity contribution in [3.63, 3.8) is 0 Å². The van der Waals surface area contributed by atoms with Gasteiger partial charge in [0, 0.05) is 13.1 Å². The molecule has 1 aliphatic rings. The molecule has 0 saturated heterocycles. The molecule has 1 heterocycles. The van der Waals surface area contributed by atoms with Crippen LogP contribution in [0.1, 0.15) is 30.9 Å². The van der Waals surface area contributed by atoms with Crippen molar-refractivity contribution in [2.45, 2.75) is 38.8 Å². The van der Waals surface area contributed by atoms with E-state index in [-0.39, 0.29) is 11.9 Å². The van der Waals surface area contributed by atoms with E-state index in [1.165, 1.54) is 11.1 Å². The van der Waals surface area contributed by atoms with E-state index in [2.05, 4.69) is 29.7 Å². The summed E-state index contributed by atoms with van der Waals surface area (Å²) in [5, 5.41) is 6.27. The zero-order chi connectivity index (χ0) is 12.1. The Morgan fingerprint density at radius 3 is 2.94 bits per heavy atom. The Kier molecular flexibility index (Phi) is 4.15. The summed E-state index contributed by atoms with van der Waals surface area (Å²) < 4.78 is 0. The summed E-state index contributed by atoms with van der Waals surface area (Å²) in [7, 11) is 0. The number of hydrogen-bond donors (Lipinski definition) is 2. The van der Waals surface area contributed by atoms with E-state index >= 15 is 0 Å². The summed E-state index contributed by atoms with van der Waals surface area (Å²) in [6, 6.07) is 8.25. The molecule has 2 N–H and O–H groups in total. The number of rotatable bonds is 4. The Morgan fingerprint density at radius 1 is 1.41 bits per heavy atom. The van der Waals surface area contributed by atoms with E-state index in [9.17, 15) is 4.79 Å². The third kappa shape index (κ3) is 3.07. The van der Waals surface area contributed by atoms with Crippen molar-refractivity contribution in [2.75, 3.05) is 6.54 Å². The lowest BCUT2D eigenvalue weighted by Gasteiger charge is -2.25. The maximum absolute atomic E-state index is 11.9. The molecule has 3 heteroatoms. The van der Waals surface area contributed by atoms with Crippen LogP contribution in [0.15, 0.2) is 24.3 Å². The first-order chi connectivity index (χ1) is 8.31. The van der Waals surface area contributed by atoms with Gasteiger partial charge in [0.05, 0.1) is 6.04 Å². The van der Waals surface area contributed by atoms with Gasteiger partial charge in [-0.05, 0) is 24.0 Å². The third-order valence-electron chi connectivity index (χ3n) is 3.23. The van der Waals surface area contributed by atoms with Gasteiger partial charge in [0.15, 0.2) is 0 Å². The van der Waals surface area contributed by atoms with E-state index in [0.717, 1.165) is 32.4 Å². The van der Waals surface area contributed by atoms with Gasteiger partial charge in [-0.15, -0.1) is 0 Å². The summed E-state index contributed by atoms with van der Waals surface area (Å²) in [6.07, 6.45) is 2.96. The van der Waals surface area contributed by atoms with Crippen LogP contribution in [0, 0.1) is 0 Å². The summed E-state index contributed by atoms with van der Waals surface area (Å²) in [4.78, 5) is 11.9. The van der Waals surface area contributed by atoms with Crippen molar-refractivity contribution in [3.05, 3.63) is 35.4 Å².